The molecule has 4 nitrogen and oxygen atoms in total. The second kappa shape index (κ2) is 9.60. The summed E-state index contributed by atoms with van der Waals surface area (Å²) in [7, 11) is 0. The third kappa shape index (κ3) is 5.90. The largest absolute Gasteiger partial charge is 0.343 e. The molecule has 0 aliphatic carbocycles. The molecule has 0 radical (unpaired) electrons. The molecule has 1 aromatic carbocycles. The van der Waals surface area contributed by atoms with E-state index in [9.17, 15) is 9.59 Å². The molecule has 1 heterocycles. The van der Waals surface area contributed by atoms with E-state index in [1.54, 1.807) is 11.8 Å². The van der Waals surface area contributed by atoms with E-state index in [1.165, 1.54) is 0 Å². The fourth-order valence-electron chi connectivity index (χ4n) is 2.75. The van der Waals surface area contributed by atoms with Gasteiger partial charge in [0.2, 0.25) is 11.8 Å². The Bertz CT molecular complexity index is 501. The van der Waals surface area contributed by atoms with Gasteiger partial charge in [-0.15, -0.1) is 0 Å². The molecule has 1 fully saturated rings. The molecule has 2 amide bonds. The normalized spacial score (nSPS) is 15.4. The van der Waals surface area contributed by atoms with Crippen LogP contribution in [0.2, 0.25) is 0 Å². The molecule has 1 aliphatic heterocycles. The molecule has 0 aromatic heterocycles. The number of nitrogens with zero attached hydrogens (tertiary/aromatic N) is 1. The molecular weight excluding hydrogens is 308 g/mol. The first-order chi connectivity index (χ1) is 11.2. The Kier molecular flexibility index (Phi) is 7.46. The van der Waals surface area contributed by atoms with Crippen LogP contribution in [-0.2, 0) is 16.0 Å². The van der Waals surface area contributed by atoms with E-state index in [0.29, 0.717) is 12.2 Å². The zero-order valence-electron chi connectivity index (χ0n) is 13.8. The Morgan fingerprint density at radius 2 is 1.91 bits per heavy atom. The van der Waals surface area contributed by atoms with Crippen molar-refractivity contribution in [1.29, 1.82) is 0 Å². The highest BCUT2D eigenvalue weighted by Crippen LogP contribution is 2.12. The predicted molar refractivity (Wildman–Crippen MR) is 95.5 cm³/mol. The molecule has 1 aliphatic rings. The van der Waals surface area contributed by atoms with E-state index in [1.807, 2.05) is 35.2 Å². The van der Waals surface area contributed by atoms with Gasteiger partial charge in [0.05, 0.1) is 5.75 Å². The van der Waals surface area contributed by atoms with Gasteiger partial charge in [0.15, 0.2) is 0 Å². The lowest BCUT2D eigenvalue weighted by Gasteiger charge is -2.24. The van der Waals surface area contributed by atoms with Crippen LogP contribution < -0.4 is 5.32 Å². The van der Waals surface area contributed by atoms with Gasteiger partial charge in [-0.3, -0.25) is 9.59 Å². The summed E-state index contributed by atoms with van der Waals surface area (Å²) in [5, 5.41) is 2.95. The molecule has 2 rings (SSSR count). The summed E-state index contributed by atoms with van der Waals surface area (Å²) in [5.74, 6) is 1.40. The van der Waals surface area contributed by atoms with Crippen molar-refractivity contribution in [3.05, 3.63) is 35.9 Å². The third-order valence-electron chi connectivity index (χ3n) is 3.92. The highest BCUT2D eigenvalue weighted by molar-refractivity contribution is 7.99. The number of carbonyl (C=O) groups excluding carboxylic acids is 2. The van der Waals surface area contributed by atoms with Crippen LogP contribution in [0.3, 0.4) is 0 Å². The SMILES string of the molecule is CCCSCC(=O)N[C@H](Cc1ccccc1)C(=O)N1CCCC1. The summed E-state index contributed by atoms with van der Waals surface area (Å²) in [5.41, 5.74) is 1.08. The van der Waals surface area contributed by atoms with E-state index in [2.05, 4.69) is 12.2 Å². The number of rotatable bonds is 8. The van der Waals surface area contributed by atoms with Gasteiger partial charge >= 0.3 is 0 Å². The van der Waals surface area contributed by atoms with Gasteiger partial charge in [0, 0.05) is 19.5 Å². The number of benzene rings is 1. The standard InChI is InChI=1S/C18H26N2O2S/c1-2-12-23-14-17(21)19-16(13-15-8-4-3-5-9-15)18(22)20-10-6-7-11-20/h3-5,8-9,16H,2,6-7,10-14H2,1H3,(H,19,21)/t16-/m1/s1. The first-order valence-electron chi connectivity index (χ1n) is 8.40. The minimum absolute atomic E-state index is 0.0445. The Hall–Kier alpha value is -1.49. The molecule has 0 saturated carbocycles. The van der Waals surface area contributed by atoms with Crippen molar-refractivity contribution in [2.45, 2.75) is 38.6 Å². The zero-order valence-corrected chi connectivity index (χ0v) is 14.6. The van der Waals surface area contributed by atoms with Gasteiger partial charge in [-0.25, -0.2) is 0 Å². The van der Waals surface area contributed by atoms with E-state index in [0.717, 1.165) is 43.7 Å². The monoisotopic (exact) mass is 334 g/mol. The summed E-state index contributed by atoms with van der Waals surface area (Å²) in [6.07, 6.45) is 3.73. The summed E-state index contributed by atoms with van der Waals surface area (Å²) >= 11 is 1.62. The van der Waals surface area contributed by atoms with Crippen LogP contribution in [0.15, 0.2) is 30.3 Å². The molecule has 1 aromatic rings. The number of hydrogen-bond donors (Lipinski definition) is 1. The van der Waals surface area contributed by atoms with Crippen molar-refractivity contribution >= 4 is 23.6 Å². The first kappa shape index (κ1) is 17.9. The fourth-order valence-corrected chi connectivity index (χ4v) is 3.45. The summed E-state index contributed by atoms with van der Waals surface area (Å²) in [4.78, 5) is 26.7. The van der Waals surface area contributed by atoms with Gasteiger partial charge in [0.25, 0.3) is 0 Å². The Morgan fingerprint density at radius 1 is 1.22 bits per heavy atom. The van der Waals surface area contributed by atoms with E-state index >= 15 is 0 Å². The first-order valence-corrected chi connectivity index (χ1v) is 9.56. The smallest absolute Gasteiger partial charge is 0.245 e. The summed E-state index contributed by atoms with van der Waals surface area (Å²) < 4.78 is 0. The number of thioether (sulfide) groups is 1. The van der Waals surface area contributed by atoms with Crippen LogP contribution in [0.25, 0.3) is 0 Å². The molecule has 1 N–H and O–H groups in total. The topological polar surface area (TPSA) is 49.4 Å². The average Bonchev–Trinajstić information content (AvgIpc) is 3.09. The zero-order chi connectivity index (χ0) is 16.5. The molecule has 126 valence electrons. The second-order valence-electron chi connectivity index (χ2n) is 5.89. The molecule has 1 atom stereocenters. The van der Waals surface area contributed by atoms with Gasteiger partial charge in [-0.2, -0.15) is 11.8 Å². The van der Waals surface area contributed by atoms with Gasteiger partial charge in [0.1, 0.15) is 6.04 Å². The number of hydrogen-bond acceptors (Lipinski definition) is 3. The minimum atomic E-state index is -0.453. The van der Waals surface area contributed by atoms with Crippen LogP contribution in [0.1, 0.15) is 31.7 Å². The Balaban J connectivity index is 1.98. The second-order valence-corrected chi connectivity index (χ2v) is 7.00. The molecule has 0 unspecified atom stereocenters. The molecule has 0 bridgehead atoms. The van der Waals surface area contributed by atoms with Crippen molar-refractivity contribution in [2.24, 2.45) is 0 Å². The van der Waals surface area contributed by atoms with Gasteiger partial charge in [-0.1, -0.05) is 37.3 Å². The highest BCUT2D eigenvalue weighted by Gasteiger charge is 2.27. The van der Waals surface area contributed by atoms with E-state index in [4.69, 9.17) is 0 Å². The predicted octanol–water partition coefficient (Wildman–Crippen LogP) is 2.48. The van der Waals surface area contributed by atoms with Gasteiger partial charge < -0.3 is 10.2 Å². The van der Waals surface area contributed by atoms with E-state index in [-0.39, 0.29) is 11.8 Å². The number of amides is 2. The highest BCUT2D eigenvalue weighted by atomic mass is 32.2. The van der Waals surface area contributed by atoms with Crippen LogP contribution in [0.4, 0.5) is 0 Å². The third-order valence-corrected chi connectivity index (χ3v) is 5.08. The number of carbonyl (C=O) groups is 2. The average molecular weight is 334 g/mol. The van der Waals surface area contributed by atoms with Crippen molar-refractivity contribution in [3.63, 3.8) is 0 Å². The van der Waals surface area contributed by atoms with Crippen LogP contribution in [0.5, 0.6) is 0 Å². The molecule has 0 spiro atoms. The maximum Gasteiger partial charge on any atom is 0.245 e. The lowest BCUT2D eigenvalue weighted by Crippen LogP contribution is -2.49. The lowest BCUT2D eigenvalue weighted by atomic mass is 10.0. The molecular formula is C18H26N2O2S. The maximum absolute atomic E-state index is 12.7. The quantitative estimate of drug-likeness (QED) is 0.743. The summed E-state index contributed by atoms with van der Waals surface area (Å²) in [6.45, 7) is 3.72. The molecule has 23 heavy (non-hydrogen) atoms. The van der Waals surface area contributed by atoms with Crippen LogP contribution in [-0.4, -0.2) is 47.4 Å². The van der Waals surface area contributed by atoms with Crippen LogP contribution in [0, 0.1) is 0 Å². The Morgan fingerprint density at radius 3 is 2.57 bits per heavy atom. The minimum Gasteiger partial charge on any atom is -0.343 e. The van der Waals surface area contributed by atoms with Crippen molar-refractivity contribution in [2.75, 3.05) is 24.6 Å². The molecule has 5 heteroatoms. The van der Waals surface area contributed by atoms with Crippen LogP contribution >= 0.6 is 11.8 Å². The number of nitrogens with one attached hydrogen (secondary N) is 1. The van der Waals surface area contributed by atoms with Gasteiger partial charge in [-0.05, 0) is 30.6 Å². The molecule has 1 saturated heterocycles. The number of likely N-dealkylation sites (tertiary alicyclic amines) is 1. The summed E-state index contributed by atoms with van der Waals surface area (Å²) in [6, 6.07) is 9.44. The lowest BCUT2D eigenvalue weighted by molar-refractivity contribution is -0.135. The van der Waals surface area contributed by atoms with Crippen molar-refractivity contribution in [1.82, 2.24) is 10.2 Å². The maximum atomic E-state index is 12.7. The Labute approximate surface area is 143 Å². The fraction of sp³-hybridized carbons (Fsp3) is 0.556. The van der Waals surface area contributed by atoms with Crippen molar-refractivity contribution < 1.29 is 9.59 Å². The van der Waals surface area contributed by atoms with Crippen molar-refractivity contribution in [3.8, 4) is 0 Å². The van der Waals surface area contributed by atoms with E-state index < -0.39 is 6.04 Å².